The van der Waals surface area contributed by atoms with Crippen molar-refractivity contribution >= 4 is 15.9 Å². The smallest absolute Gasteiger partial charge is 0.124 e. The molecule has 0 fully saturated rings. The zero-order chi connectivity index (χ0) is 12.4. The van der Waals surface area contributed by atoms with Gasteiger partial charge in [0.1, 0.15) is 11.9 Å². The van der Waals surface area contributed by atoms with Crippen LogP contribution in [0.25, 0.3) is 0 Å². The highest BCUT2D eigenvalue weighted by Gasteiger charge is 2.11. The number of hydrogen-bond acceptors (Lipinski definition) is 1. The fourth-order valence-electron chi connectivity index (χ4n) is 1.67. The van der Waals surface area contributed by atoms with Gasteiger partial charge in [0.2, 0.25) is 0 Å². The number of benzene rings is 2. The standard InChI is InChI=1S/C14H12BrFO/c1-9-2-4-10(5-3-9)14(17)11-6-12(15)8-13(16)7-11/h2-8,14,17H,1H3. The molecule has 1 N–H and O–H groups in total. The average Bonchev–Trinajstić information content (AvgIpc) is 2.28. The van der Waals surface area contributed by atoms with E-state index in [0.717, 1.165) is 11.1 Å². The van der Waals surface area contributed by atoms with Gasteiger partial charge in [-0.25, -0.2) is 4.39 Å². The molecule has 0 aliphatic rings. The molecule has 0 amide bonds. The summed E-state index contributed by atoms with van der Waals surface area (Å²) in [6.07, 6.45) is -0.803. The molecule has 0 aliphatic carbocycles. The van der Waals surface area contributed by atoms with E-state index in [1.807, 2.05) is 31.2 Å². The van der Waals surface area contributed by atoms with Crippen molar-refractivity contribution in [2.45, 2.75) is 13.0 Å². The van der Waals surface area contributed by atoms with E-state index in [1.165, 1.54) is 12.1 Å². The highest BCUT2D eigenvalue weighted by atomic mass is 79.9. The molecule has 0 saturated heterocycles. The second-order valence-electron chi connectivity index (χ2n) is 4.02. The van der Waals surface area contributed by atoms with Gasteiger partial charge in [0.25, 0.3) is 0 Å². The van der Waals surface area contributed by atoms with Crippen LogP contribution < -0.4 is 0 Å². The fourth-order valence-corrected chi connectivity index (χ4v) is 2.16. The van der Waals surface area contributed by atoms with Gasteiger partial charge < -0.3 is 5.11 Å². The molecular weight excluding hydrogens is 283 g/mol. The second-order valence-corrected chi connectivity index (χ2v) is 4.93. The highest BCUT2D eigenvalue weighted by Crippen LogP contribution is 2.25. The summed E-state index contributed by atoms with van der Waals surface area (Å²) >= 11 is 3.21. The molecule has 0 spiro atoms. The third-order valence-corrected chi connectivity index (χ3v) is 3.05. The van der Waals surface area contributed by atoms with Crippen LogP contribution in [0, 0.1) is 12.7 Å². The van der Waals surface area contributed by atoms with Gasteiger partial charge in [0, 0.05) is 4.47 Å². The first-order chi connectivity index (χ1) is 8.06. The van der Waals surface area contributed by atoms with E-state index in [4.69, 9.17) is 0 Å². The minimum atomic E-state index is -0.803. The number of aliphatic hydroxyl groups excluding tert-OH is 1. The number of aliphatic hydroxyl groups is 1. The molecule has 0 saturated carbocycles. The number of hydrogen-bond donors (Lipinski definition) is 1. The van der Waals surface area contributed by atoms with E-state index in [0.29, 0.717) is 10.0 Å². The normalized spacial score (nSPS) is 12.5. The summed E-state index contributed by atoms with van der Waals surface area (Å²) in [5, 5.41) is 10.1. The van der Waals surface area contributed by atoms with Crippen LogP contribution in [0.5, 0.6) is 0 Å². The Balaban J connectivity index is 2.36. The molecule has 1 nitrogen and oxygen atoms in total. The Morgan fingerprint density at radius 2 is 1.71 bits per heavy atom. The zero-order valence-corrected chi connectivity index (χ0v) is 10.9. The molecule has 2 aromatic rings. The summed E-state index contributed by atoms with van der Waals surface area (Å²) < 4.78 is 13.9. The number of rotatable bonds is 2. The molecule has 1 unspecified atom stereocenters. The molecule has 1 atom stereocenters. The van der Waals surface area contributed by atoms with E-state index in [9.17, 15) is 9.50 Å². The lowest BCUT2D eigenvalue weighted by Gasteiger charge is -2.12. The maximum absolute atomic E-state index is 13.2. The van der Waals surface area contributed by atoms with Crippen LogP contribution in [0.3, 0.4) is 0 Å². The first-order valence-corrected chi connectivity index (χ1v) is 6.06. The van der Waals surface area contributed by atoms with Gasteiger partial charge in [-0.1, -0.05) is 45.8 Å². The predicted molar refractivity (Wildman–Crippen MR) is 69.3 cm³/mol. The van der Waals surface area contributed by atoms with Gasteiger partial charge >= 0.3 is 0 Å². The summed E-state index contributed by atoms with van der Waals surface area (Å²) in [5.74, 6) is -0.361. The van der Waals surface area contributed by atoms with Gasteiger partial charge in [0.15, 0.2) is 0 Å². The van der Waals surface area contributed by atoms with Crippen molar-refractivity contribution in [3.8, 4) is 0 Å². The lowest BCUT2D eigenvalue weighted by atomic mass is 10.0. The Bertz CT molecular complexity index is 502. The fraction of sp³-hybridized carbons (Fsp3) is 0.143. The summed E-state index contributed by atoms with van der Waals surface area (Å²) in [6.45, 7) is 1.98. The third-order valence-electron chi connectivity index (χ3n) is 2.59. The van der Waals surface area contributed by atoms with Crippen LogP contribution in [0.4, 0.5) is 4.39 Å². The average molecular weight is 295 g/mol. The SMILES string of the molecule is Cc1ccc(C(O)c2cc(F)cc(Br)c2)cc1. The summed E-state index contributed by atoms with van der Waals surface area (Å²) in [7, 11) is 0. The first-order valence-electron chi connectivity index (χ1n) is 5.27. The van der Waals surface area contributed by atoms with Gasteiger partial charge in [-0.3, -0.25) is 0 Å². The van der Waals surface area contributed by atoms with Crippen molar-refractivity contribution in [3.05, 3.63) is 69.4 Å². The summed E-state index contributed by atoms with van der Waals surface area (Å²) in [4.78, 5) is 0. The minimum absolute atomic E-state index is 0.361. The third kappa shape index (κ3) is 2.93. The van der Waals surface area contributed by atoms with Crippen molar-refractivity contribution in [2.75, 3.05) is 0 Å². The van der Waals surface area contributed by atoms with Gasteiger partial charge in [0.05, 0.1) is 0 Å². The summed E-state index contributed by atoms with van der Waals surface area (Å²) in [6, 6.07) is 12.0. The monoisotopic (exact) mass is 294 g/mol. The molecular formula is C14H12BrFO. The molecule has 17 heavy (non-hydrogen) atoms. The topological polar surface area (TPSA) is 20.2 Å². The highest BCUT2D eigenvalue weighted by molar-refractivity contribution is 9.10. The quantitative estimate of drug-likeness (QED) is 0.888. The maximum atomic E-state index is 13.2. The molecule has 0 heterocycles. The molecule has 0 aliphatic heterocycles. The van der Waals surface area contributed by atoms with Gasteiger partial charge in [-0.15, -0.1) is 0 Å². The molecule has 0 radical (unpaired) electrons. The van der Waals surface area contributed by atoms with Crippen molar-refractivity contribution in [3.63, 3.8) is 0 Å². The molecule has 0 aromatic heterocycles. The Kier molecular flexibility index (Phi) is 3.60. The zero-order valence-electron chi connectivity index (χ0n) is 9.32. The van der Waals surface area contributed by atoms with Crippen molar-refractivity contribution < 1.29 is 9.50 Å². The molecule has 3 heteroatoms. The van der Waals surface area contributed by atoms with Crippen molar-refractivity contribution in [2.24, 2.45) is 0 Å². The molecule has 88 valence electrons. The lowest BCUT2D eigenvalue weighted by molar-refractivity contribution is 0.219. The molecule has 2 rings (SSSR count). The van der Waals surface area contributed by atoms with Crippen LogP contribution in [-0.2, 0) is 0 Å². The molecule has 0 bridgehead atoms. The van der Waals surface area contributed by atoms with E-state index in [2.05, 4.69) is 15.9 Å². The minimum Gasteiger partial charge on any atom is -0.384 e. The Hall–Kier alpha value is -1.19. The van der Waals surface area contributed by atoms with E-state index in [1.54, 1.807) is 6.07 Å². The Morgan fingerprint density at radius 1 is 1.06 bits per heavy atom. The van der Waals surface area contributed by atoms with Crippen molar-refractivity contribution in [1.82, 2.24) is 0 Å². The van der Waals surface area contributed by atoms with Crippen LogP contribution in [-0.4, -0.2) is 5.11 Å². The molecule has 2 aromatic carbocycles. The van der Waals surface area contributed by atoms with Gasteiger partial charge in [-0.2, -0.15) is 0 Å². The largest absolute Gasteiger partial charge is 0.384 e. The maximum Gasteiger partial charge on any atom is 0.124 e. The van der Waals surface area contributed by atoms with Gasteiger partial charge in [-0.05, 0) is 36.2 Å². The first kappa shape index (κ1) is 12.3. The Labute approximate surface area is 108 Å². The van der Waals surface area contributed by atoms with Crippen LogP contribution in [0.2, 0.25) is 0 Å². The van der Waals surface area contributed by atoms with E-state index >= 15 is 0 Å². The summed E-state index contributed by atoms with van der Waals surface area (Å²) in [5.41, 5.74) is 2.43. The van der Waals surface area contributed by atoms with Crippen molar-refractivity contribution in [1.29, 1.82) is 0 Å². The predicted octanol–water partition coefficient (Wildman–Crippen LogP) is 3.98. The Morgan fingerprint density at radius 3 is 2.29 bits per heavy atom. The van der Waals surface area contributed by atoms with Crippen LogP contribution in [0.15, 0.2) is 46.9 Å². The second kappa shape index (κ2) is 4.98. The van der Waals surface area contributed by atoms with E-state index in [-0.39, 0.29) is 5.82 Å². The van der Waals surface area contributed by atoms with Crippen LogP contribution >= 0.6 is 15.9 Å². The number of halogens is 2. The lowest BCUT2D eigenvalue weighted by Crippen LogP contribution is -2.00. The van der Waals surface area contributed by atoms with E-state index < -0.39 is 6.10 Å². The van der Waals surface area contributed by atoms with Crippen LogP contribution in [0.1, 0.15) is 22.8 Å². The number of aryl methyl sites for hydroxylation is 1.